The average molecular weight is 329 g/mol. The summed E-state index contributed by atoms with van der Waals surface area (Å²) in [4.78, 5) is 14.4. The quantitative estimate of drug-likeness (QED) is 0.816. The molecule has 24 heavy (non-hydrogen) atoms. The summed E-state index contributed by atoms with van der Waals surface area (Å²) < 4.78 is 5.46. The first-order chi connectivity index (χ1) is 11.5. The van der Waals surface area contributed by atoms with E-state index in [1.807, 2.05) is 61.5 Å². The fraction of sp³-hybridized carbons (Fsp3) is 0.421. The van der Waals surface area contributed by atoms with Gasteiger partial charge in [-0.15, -0.1) is 0 Å². The predicted molar refractivity (Wildman–Crippen MR) is 95.7 cm³/mol. The van der Waals surface area contributed by atoms with Crippen LogP contribution in [0.2, 0.25) is 0 Å². The third-order valence-electron chi connectivity index (χ3n) is 4.06. The highest BCUT2D eigenvalue weighted by Gasteiger charge is 2.21. The number of furan rings is 1. The number of rotatable bonds is 7. The molecule has 0 spiro atoms. The molecule has 130 valence electrons. The molecular formula is C19H27N3O2. The van der Waals surface area contributed by atoms with E-state index in [1.165, 1.54) is 0 Å². The lowest BCUT2D eigenvalue weighted by atomic mass is 9.96. The zero-order chi connectivity index (χ0) is 17.5. The van der Waals surface area contributed by atoms with Gasteiger partial charge < -0.3 is 15.1 Å². The molecule has 0 saturated heterocycles. The summed E-state index contributed by atoms with van der Waals surface area (Å²) in [6, 6.07) is 13.6. The number of carbonyl (C=O) groups excluding carboxylic acids is 1. The van der Waals surface area contributed by atoms with Crippen molar-refractivity contribution in [1.82, 2.24) is 15.5 Å². The van der Waals surface area contributed by atoms with Crippen LogP contribution >= 0.6 is 0 Å². The smallest absolute Gasteiger partial charge is 0.315 e. The number of amides is 2. The third kappa shape index (κ3) is 4.86. The van der Waals surface area contributed by atoms with Crippen LogP contribution in [0.5, 0.6) is 0 Å². The second-order valence-electron chi connectivity index (χ2n) is 6.48. The molecular weight excluding hydrogens is 302 g/mol. The van der Waals surface area contributed by atoms with Crippen LogP contribution in [-0.2, 0) is 0 Å². The Kier molecular flexibility index (Phi) is 6.44. The van der Waals surface area contributed by atoms with Crippen molar-refractivity contribution in [3.05, 3.63) is 60.1 Å². The second-order valence-corrected chi connectivity index (χ2v) is 6.48. The zero-order valence-corrected chi connectivity index (χ0v) is 14.8. The molecule has 1 heterocycles. The fourth-order valence-electron chi connectivity index (χ4n) is 2.70. The van der Waals surface area contributed by atoms with Crippen molar-refractivity contribution in [3.8, 4) is 0 Å². The lowest BCUT2D eigenvalue weighted by Crippen LogP contribution is -2.43. The first-order valence-corrected chi connectivity index (χ1v) is 8.28. The van der Waals surface area contributed by atoms with Crippen molar-refractivity contribution < 1.29 is 9.21 Å². The molecule has 0 aliphatic heterocycles. The van der Waals surface area contributed by atoms with E-state index in [-0.39, 0.29) is 18.1 Å². The average Bonchev–Trinajstić information content (AvgIpc) is 3.07. The van der Waals surface area contributed by atoms with Gasteiger partial charge in [-0.1, -0.05) is 44.2 Å². The van der Waals surface area contributed by atoms with Crippen molar-refractivity contribution in [3.63, 3.8) is 0 Å². The first kappa shape index (κ1) is 18.1. The van der Waals surface area contributed by atoms with Gasteiger partial charge in [0.25, 0.3) is 0 Å². The summed E-state index contributed by atoms with van der Waals surface area (Å²) >= 11 is 0. The summed E-state index contributed by atoms with van der Waals surface area (Å²) in [5.41, 5.74) is 1.11. The number of benzene rings is 1. The topological polar surface area (TPSA) is 57.5 Å². The van der Waals surface area contributed by atoms with Gasteiger partial charge in [-0.25, -0.2) is 4.79 Å². The molecule has 2 rings (SSSR count). The van der Waals surface area contributed by atoms with E-state index >= 15 is 0 Å². The number of urea groups is 1. The zero-order valence-electron chi connectivity index (χ0n) is 14.8. The molecule has 2 amide bonds. The molecule has 2 aromatic rings. The molecule has 1 aromatic heterocycles. The van der Waals surface area contributed by atoms with Gasteiger partial charge >= 0.3 is 6.03 Å². The monoisotopic (exact) mass is 329 g/mol. The van der Waals surface area contributed by atoms with Crippen LogP contribution < -0.4 is 10.6 Å². The Morgan fingerprint density at radius 3 is 2.38 bits per heavy atom. The van der Waals surface area contributed by atoms with E-state index in [9.17, 15) is 4.79 Å². The molecule has 0 fully saturated rings. The minimum atomic E-state index is -0.170. The Hall–Kier alpha value is -2.27. The molecule has 1 aromatic carbocycles. The Labute approximate surface area is 144 Å². The Morgan fingerprint density at radius 1 is 1.12 bits per heavy atom. The van der Waals surface area contributed by atoms with Crippen molar-refractivity contribution in [2.75, 3.05) is 20.6 Å². The highest BCUT2D eigenvalue weighted by atomic mass is 16.3. The van der Waals surface area contributed by atoms with Gasteiger partial charge in [0.1, 0.15) is 5.76 Å². The van der Waals surface area contributed by atoms with Crippen molar-refractivity contribution in [1.29, 1.82) is 0 Å². The molecule has 2 N–H and O–H groups in total. The summed E-state index contributed by atoms with van der Waals surface area (Å²) in [5, 5.41) is 6.03. The highest BCUT2D eigenvalue weighted by molar-refractivity contribution is 5.74. The SMILES string of the molecule is CC(C)C(NC(=O)NCC(c1ccco1)N(C)C)c1ccccc1. The van der Waals surface area contributed by atoms with Crippen LogP contribution in [0.1, 0.15) is 37.3 Å². The lowest BCUT2D eigenvalue weighted by Gasteiger charge is -2.25. The van der Waals surface area contributed by atoms with Gasteiger partial charge in [0, 0.05) is 6.54 Å². The molecule has 0 radical (unpaired) electrons. The molecule has 0 bridgehead atoms. The van der Waals surface area contributed by atoms with Crippen molar-refractivity contribution >= 4 is 6.03 Å². The van der Waals surface area contributed by atoms with Gasteiger partial charge in [-0.05, 0) is 37.7 Å². The summed E-state index contributed by atoms with van der Waals surface area (Å²) in [7, 11) is 3.93. The second kappa shape index (κ2) is 8.55. The van der Waals surface area contributed by atoms with Crippen LogP contribution in [0.3, 0.4) is 0 Å². The first-order valence-electron chi connectivity index (χ1n) is 8.28. The summed E-state index contributed by atoms with van der Waals surface area (Å²) in [5.74, 6) is 1.14. The van der Waals surface area contributed by atoms with Gasteiger partial charge in [-0.3, -0.25) is 4.90 Å². The number of likely N-dealkylation sites (N-methyl/N-ethyl adjacent to an activating group) is 1. The standard InChI is InChI=1S/C19H27N3O2/c1-14(2)18(15-9-6-5-7-10-15)21-19(23)20-13-16(22(3)4)17-11-8-12-24-17/h5-12,14,16,18H,13H2,1-4H3,(H2,20,21,23). The van der Waals surface area contributed by atoms with Gasteiger partial charge in [0.15, 0.2) is 0 Å². The van der Waals surface area contributed by atoms with E-state index < -0.39 is 0 Å². The Morgan fingerprint density at radius 2 is 1.83 bits per heavy atom. The largest absolute Gasteiger partial charge is 0.468 e. The molecule has 5 nitrogen and oxygen atoms in total. The van der Waals surface area contributed by atoms with Crippen molar-refractivity contribution in [2.24, 2.45) is 5.92 Å². The van der Waals surface area contributed by atoms with Crippen LogP contribution in [0, 0.1) is 5.92 Å². The third-order valence-corrected chi connectivity index (χ3v) is 4.06. The van der Waals surface area contributed by atoms with E-state index in [4.69, 9.17) is 4.42 Å². The number of hydrogen-bond acceptors (Lipinski definition) is 3. The maximum Gasteiger partial charge on any atom is 0.315 e. The number of nitrogens with one attached hydrogen (secondary N) is 2. The molecule has 5 heteroatoms. The van der Waals surface area contributed by atoms with Gasteiger partial charge in [0.2, 0.25) is 0 Å². The van der Waals surface area contributed by atoms with Crippen LogP contribution in [0.25, 0.3) is 0 Å². The molecule has 2 atom stereocenters. The molecule has 0 aliphatic carbocycles. The number of nitrogens with zero attached hydrogens (tertiary/aromatic N) is 1. The van der Waals surface area contributed by atoms with Gasteiger partial charge in [-0.2, -0.15) is 0 Å². The Balaban J connectivity index is 1.96. The maximum absolute atomic E-state index is 12.4. The predicted octanol–water partition coefficient (Wildman–Crippen LogP) is 3.58. The minimum Gasteiger partial charge on any atom is -0.468 e. The lowest BCUT2D eigenvalue weighted by molar-refractivity contribution is 0.219. The van der Waals surface area contributed by atoms with Crippen LogP contribution in [0.15, 0.2) is 53.1 Å². The summed E-state index contributed by atoms with van der Waals surface area (Å²) in [6.45, 7) is 4.68. The molecule has 0 aliphatic rings. The van der Waals surface area contributed by atoms with E-state index in [0.29, 0.717) is 12.5 Å². The molecule has 2 unspecified atom stereocenters. The number of hydrogen-bond donors (Lipinski definition) is 2. The highest BCUT2D eigenvalue weighted by Crippen LogP contribution is 2.21. The fourth-order valence-corrected chi connectivity index (χ4v) is 2.70. The summed E-state index contributed by atoms with van der Waals surface area (Å²) in [6.07, 6.45) is 1.65. The normalized spacial score (nSPS) is 13.8. The molecule has 0 saturated carbocycles. The van der Waals surface area contributed by atoms with Gasteiger partial charge in [0.05, 0.1) is 18.3 Å². The maximum atomic E-state index is 12.4. The van der Waals surface area contributed by atoms with E-state index in [1.54, 1.807) is 6.26 Å². The van der Waals surface area contributed by atoms with Crippen LogP contribution in [-0.4, -0.2) is 31.6 Å². The Bertz CT molecular complexity index is 609. The van der Waals surface area contributed by atoms with Crippen molar-refractivity contribution in [2.45, 2.75) is 25.9 Å². The van der Waals surface area contributed by atoms with Crippen LogP contribution in [0.4, 0.5) is 4.79 Å². The van der Waals surface area contributed by atoms with E-state index in [0.717, 1.165) is 11.3 Å². The van der Waals surface area contributed by atoms with E-state index in [2.05, 4.69) is 24.5 Å². The number of carbonyl (C=O) groups is 1. The minimum absolute atomic E-state index is 0.0000229.